The molecular formula is C20H18N4O2. The van der Waals surface area contributed by atoms with E-state index in [1.54, 1.807) is 13.8 Å². The fourth-order valence-electron chi connectivity index (χ4n) is 3.04. The maximum absolute atomic E-state index is 12.6. The minimum absolute atomic E-state index is 0.170. The summed E-state index contributed by atoms with van der Waals surface area (Å²) in [7, 11) is 0. The monoisotopic (exact) mass is 346 g/mol. The molecular weight excluding hydrogens is 328 g/mol. The Labute approximate surface area is 152 Å². The SMILES string of the molecule is CCOC(=O)C1=C(C)NC(=C(C#N)C#N)C(C#N)C1c1ccc(C)cc1. The first-order chi connectivity index (χ1) is 12.5. The van der Waals surface area contributed by atoms with E-state index < -0.39 is 17.8 Å². The second-order valence-electron chi connectivity index (χ2n) is 5.89. The van der Waals surface area contributed by atoms with Crippen molar-refractivity contribution in [3.05, 3.63) is 57.9 Å². The van der Waals surface area contributed by atoms with Gasteiger partial charge < -0.3 is 10.1 Å². The molecule has 0 spiro atoms. The number of hydrogen-bond acceptors (Lipinski definition) is 6. The summed E-state index contributed by atoms with van der Waals surface area (Å²) in [5.74, 6) is -2.03. The van der Waals surface area contributed by atoms with Gasteiger partial charge in [-0.3, -0.25) is 0 Å². The largest absolute Gasteiger partial charge is 0.463 e. The maximum atomic E-state index is 12.6. The summed E-state index contributed by atoms with van der Waals surface area (Å²) in [4.78, 5) is 12.6. The van der Waals surface area contributed by atoms with Crippen LogP contribution in [0.15, 0.2) is 46.8 Å². The van der Waals surface area contributed by atoms with E-state index in [1.165, 1.54) is 0 Å². The van der Waals surface area contributed by atoms with Gasteiger partial charge in [-0.2, -0.15) is 15.8 Å². The zero-order chi connectivity index (χ0) is 19.3. The lowest BCUT2D eigenvalue weighted by Crippen LogP contribution is -2.35. The molecule has 1 aromatic carbocycles. The molecule has 0 fully saturated rings. The predicted molar refractivity (Wildman–Crippen MR) is 93.7 cm³/mol. The van der Waals surface area contributed by atoms with Crippen molar-refractivity contribution >= 4 is 5.97 Å². The number of allylic oxidation sites excluding steroid dienone is 3. The van der Waals surface area contributed by atoms with Crippen molar-refractivity contribution in [3.63, 3.8) is 0 Å². The van der Waals surface area contributed by atoms with Crippen molar-refractivity contribution in [3.8, 4) is 18.2 Å². The Morgan fingerprint density at radius 3 is 2.27 bits per heavy atom. The van der Waals surface area contributed by atoms with Gasteiger partial charge in [-0.1, -0.05) is 29.8 Å². The minimum Gasteiger partial charge on any atom is -0.463 e. The number of hydrogen-bond donors (Lipinski definition) is 1. The third kappa shape index (κ3) is 3.43. The molecule has 26 heavy (non-hydrogen) atoms. The van der Waals surface area contributed by atoms with Crippen LogP contribution in [-0.4, -0.2) is 12.6 Å². The standard InChI is InChI=1S/C20H18N4O2/c1-4-26-20(25)17-13(3)24-19(15(9-21)10-22)16(11-23)18(17)14-7-5-12(2)6-8-14/h5-8,16,18,24H,4H2,1-3H3. The van der Waals surface area contributed by atoms with Gasteiger partial charge in [0.05, 0.1) is 29.9 Å². The van der Waals surface area contributed by atoms with Crippen LogP contribution in [0.25, 0.3) is 0 Å². The van der Waals surface area contributed by atoms with Crippen molar-refractivity contribution in [1.29, 1.82) is 15.8 Å². The molecule has 0 aliphatic carbocycles. The average molecular weight is 346 g/mol. The number of nitrogens with zero attached hydrogens (tertiary/aromatic N) is 3. The normalized spacial score (nSPS) is 18.8. The van der Waals surface area contributed by atoms with E-state index in [4.69, 9.17) is 4.74 Å². The fourth-order valence-corrected chi connectivity index (χ4v) is 3.04. The Bertz CT molecular complexity index is 889. The van der Waals surface area contributed by atoms with Gasteiger partial charge in [0.2, 0.25) is 0 Å². The first kappa shape index (κ1) is 18.8. The van der Waals surface area contributed by atoms with Crippen LogP contribution in [0, 0.1) is 46.8 Å². The maximum Gasteiger partial charge on any atom is 0.336 e. The smallest absolute Gasteiger partial charge is 0.336 e. The van der Waals surface area contributed by atoms with E-state index in [0.29, 0.717) is 11.3 Å². The molecule has 1 aliphatic heterocycles. The van der Waals surface area contributed by atoms with E-state index in [1.807, 2.05) is 43.3 Å². The van der Waals surface area contributed by atoms with Crippen LogP contribution < -0.4 is 5.32 Å². The summed E-state index contributed by atoms with van der Waals surface area (Å²) in [6, 6.07) is 13.3. The van der Waals surface area contributed by atoms with E-state index in [0.717, 1.165) is 11.1 Å². The van der Waals surface area contributed by atoms with E-state index in [-0.39, 0.29) is 17.9 Å². The van der Waals surface area contributed by atoms with Gasteiger partial charge in [0.25, 0.3) is 0 Å². The van der Waals surface area contributed by atoms with Gasteiger partial charge in [0.1, 0.15) is 17.7 Å². The summed E-state index contributed by atoms with van der Waals surface area (Å²) >= 11 is 0. The molecule has 0 saturated carbocycles. The zero-order valence-electron chi connectivity index (χ0n) is 14.8. The third-order valence-electron chi connectivity index (χ3n) is 4.25. The highest BCUT2D eigenvalue weighted by Crippen LogP contribution is 2.41. The quantitative estimate of drug-likeness (QED) is 0.665. The second kappa shape index (κ2) is 8.01. The molecule has 0 saturated heterocycles. The number of aryl methyl sites for hydroxylation is 1. The number of carbonyl (C=O) groups is 1. The van der Waals surface area contributed by atoms with Crippen molar-refractivity contribution in [1.82, 2.24) is 5.32 Å². The number of carbonyl (C=O) groups excluding carboxylic acids is 1. The second-order valence-corrected chi connectivity index (χ2v) is 5.89. The lowest BCUT2D eigenvalue weighted by atomic mass is 9.75. The van der Waals surface area contributed by atoms with Crippen molar-refractivity contribution in [2.24, 2.45) is 5.92 Å². The molecule has 1 N–H and O–H groups in total. The summed E-state index contributed by atoms with van der Waals surface area (Å²) < 4.78 is 5.18. The zero-order valence-corrected chi connectivity index (χ0v) is 14.8. The Kier molecular flexibility index (Phi) is 5.78. The lowest BCUT2D eigenvalue weighted by molar-refractivity contribution is -0.139. The molecule has 2 rings (SSSR count). The van der Waals surface area contributed by atoms with Gasteiger partial charge in [-0.25, -0.2) is 4.79 Å². The summed E-state index contributed by atoms with van der Waals surface area (Å²) in [6.07, 6.45) is 0. The van der Waals surface area contributed by atoms with Gasteiger partial charge in [0, 0.05) is 11.6 Å². The molecule has 130 valence electrons. The fraction of sp³-hybridized carbons (Fsp3) is 0.300. The Morgan fingerprint density at radius 2 is 1.77 bits per heavy atom. The van der Waals surface area contributed by atoms with Crippen LogP contribution >= 0.6 is 0 Å². The number of esters is 1. The van der Waals surface area contributed by atoms with Crippen molar-refractivity contribution in [2.45, 2.75) is 26.7 Å². The van der Waals surface area contributed by atoms with Crippen LogP contribution in [0.4, 0.5) is 0 Å². The molecule has 1 aromatic rings. The minimum atomic E-state index is -0.880. The van der Waals surface area contributed by atoms with E-state index in [9.17, 15) is 20.6 Å². The van der Waals surface area contributed by atoms with Gasteiger partial charge in [0.15, 0.2) is 0 Å². The topological polar surface area (TPSA) is 110 Å². The van der Waals surface area contributed by atoms with Crippen LogP contribution in [-0.2, 0) is 9.53 Å². The number of rotatable bonds is 3. The number of nitrogens with one attached hydrogen (secondary N) is 1. The van der Waals surface area contributed by atoms with Gasteiger partial charge >= 0.3 is 5.97 Å². The van der Waals surface area contributed by atoms with Crippen LogP contribution in [0.2, 0.25) is 0 Å². The summed E-state index contributed by atoms with van der Waals surface area (Å²) in [6.45, 7) is 5.53. The highest BCUT2D eigenvalue weighted by atomic mass is 16.5. The van der Waals surface area contributed by atoms with Crippen LogP contribution in [0.5, 0.6) is 0 Å². The molecule has 0 aromatic heterocycles. The lowest BCUT2D eigenvalue weighted by Gasteiger charge is -2.33. The molecule has 6 heteroatoms. The number of benzene rings is 1. The Balaban J connectivity index is 2.75. The van der Waals surface area contributed by atoms with Gasteiger partial charge in [-0.05, 0) is 26.3 Å². The van der Waals surface area contributed by atoms with E-state index in [2.05, 4.69) is 11.4 Å². The number of nitriles is 3. The molecule has 6 nitrogen and oxygen atoms in total. The van der Waals surface area contributed by atoms with Crippen LogP contribution in [0.1, 0.15) is 30.9 Å². The predicted octanol–water partition coefficient (Wildman–Crippen LogP) is 2.96. The third-order valence-corrected chi connectivity index (χ3v) is 4.25. The highest BCUT2D eigenvalue weighted by molar-refractivity contribution is 5.92. The molecule has 1 heterocycles. The molecule has 0 bridgehead atoms. The average Bonchev–Trinajstić information content (AvgIpc) is 2.63. The van der Waals surface area contributed by atoms with Crippen LogP contribution in [0.3, 0.4) is 0 Å². The van der Waals surface area contributed by atoms with Crippen molar-refractivity contribution in [2.75, 3.05) is 6.61 Å². The molecule has 2 unspecified atom stereocenters. The van der Waals surface area contributed by atoms with E-state index >= 15 is 0 Å². The van der Waals surface area contributed by atoms with Gasteiger partial charge in [-0.15, -0.1) is 0 Å². The Morgan fingerprint density at radius 1 is 1.15 bits per heavy atom. The number of ether oxygens (including phenoxy) is 1. The Hall–Kier alpha value is -3.56. The van der Waals surface area contributed by atoms with Crippen molar-refractivity contribution < 1.29 is 9.53 Å². The summed E-state index contributed by atoms with van der Waals surface area (Å²) in [5.41, 5.74) is 2.64. The molecule has 0 radical (unpaired) electrons. The highest BCUT2D eigenvalue weighted by Gasteiger charge is 2.40. The molecule has 2 atom stereocenters. The molecule has 0 amide bonds. The first-order valence-corrected chi connectivity index (χ1v) is 8.13. The summed E-state index contributed by atoms with van der Waals surface area (Å²) in [5, 5.41) is 31.2. The molecule has 1 aliphatic rings. The first-order valence-electron chi connectivity index (χ1n) is 8.13.